The van der Waals surface area contributed by atoms with Gasteiger partial charge in [-0.2, -0.15) is 5.26 Å². The monoisotopic (exact) mass is 260 g/mol. The van der Waals surface area contributed by atoms with Crippen LogP contribution in [-0.2, 0) is 6.61 Å². The molecule has 0 atom stereocenters. The molecule has 0 heterocycles. The van der Waals surface area contributed by atoms with Gasteiger partial charge in [-0.05, 0) is 35.9 Å². The van der Waals surface area contributed by atoms with E-state index in [4.69, 9.17) is 15.7 Å². The minimum absolute atomic E-state index is 0.0250. The maximum absolute atomic E-state index is 13.4. The Hall–Kier alpha value is -2.61. The van der Waals surface area contributed by atoms with Crippen LogP contribution in [0.25, 0.3) is 0 Å². The Morgan fingerprint density at radius 2 is 1.95 bits per heavy atom. The van der Waals surface area contributed by atoms with E-state index in [1.54, 1.807) is 0 Å². The normalized spacial score (nSPS) is 9.95. The zero-order valence-electron chi connectivity index (χ0n) is 9.86. The number of nitrogen functional groups attached to an aromatic ring is 1. The van der Waals surface area contributed by atoms with E-state index in [9.17, 15) is 8.78 Å². The van der Waals surface area contributed by atoms with Crippen molar-refractivity contribution in [3.63, 3.8) is 0 Å². The second-order valence-corrected chi connectivity index (χ2v) is 3.94. The molecule has 2 aromatic rings. The van der Waals surface area contributed by atoms with Gasteiger partial charge in [0, 0.05) is 11.8 Å². The van der Waals surface area contributed by atoms with Crippen molar-refractivity contribution in [3.05, 3.63) is 59.2 Å². The first-order chi connectivity index (χ1) is 9.08. The highest BCUT2D eigenvalue weighted by Gasteiger charge is 2.06. The maximum atomic E-state index is 13.4. The maximum Gasteiger partial charge on any atom is 0.167 e. The van der Waals surface area contributed by atoms with Crippen molar-refractivity contribution in [2.24, 2.45) is 0 Å². The molecule has 0 spiro atoms. The molecule has 0 aliphatic rings. The molecule has 0 saturated carbocycles. The minimum atomic E-state index is -0.586. The van der Waals surface area contributed by atoms with Gasteiger partial charge in [-0.25, -0.2) is 8.78 Å². The lowest BCUT2D eigenvalue weighted by molar-refractivity contribution is 0.290. The van der Waals surface area contributed by atoms with Gasteiger partial charge < -0.3 is 10.5 Å². The van der Waals surface area contributed by atoms with Crippen LogP contribution < -0.4 is 10.5 Å². The number of benzene rings is 2. The topological polar surface area (TPSA) is 59.0 Å². The predicted molar refractivity (Wildman–Crippen MR) is 66.3 cm³/mol. The van der Waals surface area contributed by atoms with Gasteiger partial charge in [-0.15, -0.1) is 0 Å². The number of halogens is 2. The van der Waals surface area contributed by atoms with Crippen molar-refractivity contribution >= 4 is 5.69 Å². The van der Waals surface area contributed by atoms with Gasteiger partial charge in [0.2, 0.25) is 0 Å². The van der Waals surface area contributed by atoms with Gasteiger partial charge in [0.25, 0.3) is 0 Å². The molecule has 0 aliphatic heterocycles. The third kappa shape index (κ3) is 3.19. The molecule has 2 rings (SSSR count). The van der Waals surface area contributed by atoms with Gasteiger partial charge in [-0.3, -0.25) is 0 Å². The van der Waals surface area contributed by atoms with E-state index in [1.165, 1.54) is 24.3 Å². The first kappa shape index (κ1) is 12.8. The van der Waals surface area contributed by atoms with Crippen LogP contribution in [0.1, 0.15) is 11.1 Å². The summed E-state index contributed by atoms with van der Waals surface area (Å²) in [5.74, 6) is -1.09. The van der Waals surface area contributed by atoms with E-state index in [-0.39, 0.29) is 17.9 Å². The fourth-order valence-electron chi connectivity index (χ4n) is 1.59. The van der Waals surface area contributed by atoms with E-state index < -0.39 is 11.6 Å². The van der Waals surface area contributed by atoms with Crippen LogP contribution in [0.3, 0.4) is 0 Å². The molecule has 0 aliphatic carbocycles. The molecule has 2 N–H and O–H groups in total. The van der Waals surface area contributed by atoms with Gasteiger partial charge in [0.1, 0.15) is 12.4 Å². The zero-order valence-corrected chi connectivity index (χ0v) is 9.86. The quantitative estimate of drug-likeness (QED) is 0.863. The Kier molecular flexibility index (Phi) is 3.62. The standard InChI is InChI=1S/C14H10F2N2O/c15-11-4-9(7-17)3-10(5-11)8-19-14-2-1-12(18)6-13(14)16/h1-6H,8,18H2. The van der Waals surface area contributed by atoms with Gasteiger partial charge in [0.15, 0.2) is 11.6 Å². The van der Waals surface area contributed by atoms with Crippen molar-refractivity contribution in [1.29, 1.82) is 5.26 Å². The summed E-state index contributed by atoms with van der Waals surface area (Å²) in [4.78, 5) is 0. The van der Waals surface area contributed by atoms with Gasteiger partial charge in [0.05, 0.1) is 11.6 Å². The Balaban J connectivity index is 2.14. The predicted octanol–water partition coefficient (Wildman–Crippen LogP) is 3.00. The molecule has 3 nitrogen and oxygen atoms in total. The van der Waals surface area contributed by atoms with E-state index >= 15 is 0 Å². The summed E-state index contributed by atoms with van der Waals surface area (Å²) in [7, 11) is 0. The lowest BCUT2D eigenvalue weighted by atomic mass is 10.1. The smallest absolute Gasteiger partial charge is 0.167 e. The second-order valence-electron chi connectivity index (χ2n) is 3.94. The first-order valence-corrected chi connectivity index (χ1v) is 5.46. The van der Waals surface area contributed by atoms with Crippen LogP contribution in [0.4, 0.5) is 14.5 Å². The third-order valence-corrected chi connectivity index (χ3v) is 2.44. The zero-order chi connectivity index (χ0) is 13.8. The lowest BCUT2D eigenvalue weighted by Crippen LogP contribution is -1.99. The summed E-state index contributed by atoms with van der Waals surface area (Å²) >= 11 is 0. The number of ether oxygens (including phenoxy) is 1. The SMILES string of the molecule is N#Cc1cc(F)cc(COc2ccc(N)cc2F)c1. The highest BCUT2D eigenvalue weighted by Crippen LogP contribution is 2.21. The average molecular weight is 260 g/mol. The summed E-state index contributed by atoms with van der Waals surface area (Å²) in [6, 6.07) is 9.72. The van der Waals surface area contributed by atoms with Crippen molar-refractivity contribution in [3.8, 4) is 11.8 Å². The van der Waals surface area contributed by atoms with E-state index in [1.807, 2.05) is 6.07 Å². The molecule has 96 valence electrons. The van der Waals surface area contributed by atoms with E-state index in [2.05, 4.69) is 0 Å². The van der Waals surface area contributed by atoms with Crippen LogP contribution >= 0.6 is 0 Å². The molecule has 19 heavy (non-hydrogen) atoms. The molecular weight excluding hydrogens is 250 g/mol. The number of hydrogen-bond acceptors (Lipinski definition) is 3. The minimum Gasteiger partial charge on any atom is -0.486 e. The number of hydrogen-bond donors (Lipinski definition) is 1. The van der Waals surface area contributed by atoms with E-state index in [0.717, 1.165) is 12.1 Å². The van der Waals surface area contributed by atoms with Crippen molar-refractivity contribution in [1.82, 2.24) is 0 Å². The summed E-state index contributed by atoms with van der Waals surface area (Å²) < 4.78 is 31.8. The summed E-state index contributed by atoms with van der Waals surface area (Å²) in [5, 5.41) is 8.72. The van der Waals surface area contributed by atoms with Crippen LogP contribution in [0.2, 0.25) is 0 Å². The number of rotatable bonds is 3. The second kappa shape index (κ2) is 5.36. The molecule has 0 fully saturated rings. The van der Waals surface area contributed by atoms with Crippen LogP contribution in [0.15, 0.2) is 36.4 Å². The molecule has 0 radical (unpaired) electrons. The van der Waals surface area contributed by atoms with Crippen molar-refractivity contribution in [2.75, 3.05) is 5.73 Å². The van der Waals surface area contributed by atoms with Crippen LogP contribution in [0.5, 0.6) is 5.75 Å². The fraction of sp³-hybridized carbons (Fsp3) is 0.0714. The van der Waals surface area contributed by atoms with E-state index in [0.29, 0.717) is 11.3 Å². The number of nitriles is 1. The Morgan fingerprint density at radius 1 is 1.16 bits per heavy atom. The highest BCUT2D eigenvalue weighted by atomic mass is 19.1. The number of nitrogens with two attached hydrogens (primary N) is 1. The summed E-state index contributed by atoms with van der Waals surface area (Å²) in [5.41, 5.74) is 6.35. The molecule has 0 saturated heterocycles. The van der Waals surface area contributed by atoms with Crippen LogP contribution in [-0.4, -0.2) is 0 Å². The van der Waals surface area contributed by atoms with Crippen molar-refractivity contribution in [2.45, 2.75) is 6.61 Å². The lowest BCUT2D eigenvalue weighted by Gasteiger charge is -2.08. The Labute approximate surface area is 108 Å². The van der Waals surface area contributed by atoms with Crippen LogP contribution in [0, 0.1) is 23.0 Å². The summed E-state index contributed by atoms with van der Waals surface area (Å²) in [6.45, 7) is -0.0344. The molecule has 0 unspecified atom stereocenters. The molecular formula is C14H10F2N2O. The summed E-state index contributed by atoms with van der Waals surface area (Å²) in [6.07, 6.45) is 0. The molecule has 0 aromatic heterocycles. The highest BCUT2D eigenvalue weighted by molar-refractivity contribution is 5.43. The molecule has 2 aromatic carbocycles. The van der Waals surface area contributed by atoms with Gasteiger partial charge in [-0.1, -0.05) is 0 Å². The number of nitrogens with zero attached hydrogens (tertiary/aromatic N) is 1. The molecule has 0 bridgehead atoms. The number of anilines is 1. The Bertz CT molecular complexity index is 650. The average Bonchev–Trinajstić information content (AvgIpc) is 2.37. The third-order valence-electron chi connectivity index (χ3n) is 2.44. The Morgan fingerprint density at radius 3 is 2.63 bits per heavy atom. The molecule has 5 heteroatoms. The van der Waals surface area contributed by atoms with Gasteiger partial charge >= 0.3 is 0 Å². The largest absolute Gasteiger partial charge is 0.486 e. The fourth-order valence-corrected chi connectivity index (χ4v) is 1.59. The first-order valence-electron chi connectivity index (χ1n) is 5.46. The van der Waals surface area contributed by atoms with Crippen molar-refractivity contribution < 1.29 is 13.5 Å². The molecule has 0 amide bonds.